The van der Waals surface area contributed by atoms with Crippen LogP contribution >= 0.6 is 0 Å². The predicted octanol–water partition coefficient (Wildman–Crippen LogP) is 3.15. The van der Waals surface area contributed by atoms with Crippen LogP contribution in [-0.4, -0.2) is 22.9 Å². The summed E-state index contributed by atoms with van der Waals surface area (Å²) < 4.78 is 33.6. The van der Waals surface area contributed by atoms with Gasteiger partial charge in [-0.3, -0.25) is 10.00 Å². The molecule has 122 valence electrons. The van der Waals surface area contributed by atoms with Gasteiger partial charge in [-0.05, 0) is 19.3 Å². The van der Waals surface area contributed by atoms with Crippen molar-refractivity contribution in [2.45, 2.75) is 25.8 Å². The third kappa shape index (κ3) is 3.25. The summed E-state index contributed by atoms with van der Waals surface area (Å²) in [7, 11) is 1.24. The molecule has 0 spiro atoms. The van der Waals surface area contributed by atoms with Crippen molar-refractivity contribution in [2.75, 3.05) is 17.7 Å². The van der Waals surface area contributed by atoms with E-state index in [9.17, 15) is 13.6 Å². The summed E-state index contributed by atoms with van der Waals surface area (Å²) in [6.45, 7) is 0.821. The number of aromatic nitrogens is 2. The molecule has 8 heteroatoms. The Bertz CT molecular complexity index is 722. The number of ether oxygens (including phenoxy) is 1. The maximum Gasteiger partial charge on any atom is 0.325 e. The van der Waals surface area contributed by atoms with Gasteiger partial charge in [0.15, 0.2) is 17.4 Å². The van der Waals surface area contributed by atoms with Crippen LogP contribution in [0.4, 0.5) is 25.1 Å². The number of fused-ring (bicyclic) bond motifs is 1. The van der Waals surface area contributed by atoms with Gasteiger partial charge in [0.05, 0.1) is 12.8 Å². The van der Waals surface area contributed by atoms with E-state index in [1.54, 1.807) is 6.07 Å². The number of methoxy groups -OCH3 is 1. The average Bonchev–Trinajstić information content (AvgIpc) is 2.88. The van der Waals surface area contributed by atoms with E-state index in [4.69, 9.17) is 4.74 Å². The highest BCUT2D eigenvalue weighted by molar-refractivity contribution is 6.00. The number of carbonyl (C=O) groups is 1. The van der Waals surface area contributed by atoms with Crippen LogP contribution in [0.1, 0.15) is 18.5 Å². The molecule has 2 amide bonds. The molecule has 2 heterocycles. The average molecular weight is 322 g/mol. The van der Waals surface area contributed by atoms with Crippen LogP contribution in [0, 0.1) is 11.6 Å². The summed E-state index contributed by atoms with van der Waals surface area (Å²) in [5.74, 6) is -1.53. The summed E-state index contributed by atoms with van der Waals surface area (Å²) in [5.41, 5.74) is 0.965. The summed E-state index contributed by atoms with van der Waals surface area (Å²) >= 11 is 0. The first-order chi connectivity index (χ1) is 11.1. The zero-order chi connectivity index (χ0) is 16.4. The largest absolute Gasteiger partial charge is 0.492 e. The number of hydrogen-bond acceptors (Lipinski definition) is 3. The second-order valence-corrected chi connectivity index (χ2v) is 5.25. The van der Waals surface area contributed by atoms with Gasteiger partial charge in [-0.15, -0.1) is 0 Å². The number of carbonyl (C=O) groups excluding carboxylic acids is 1. The molecule has 0 radical (unpaired) electrons. The van der Waals surface area contributed by atoms with Crippen molar-refractivity contribution in [1.82, 2.24) is 9.78 Å². The fourth-order valence-corrected chi connectivity index (χ4v) is 2.61. The third-order valence-electron chi connectivity index (χ3n) is 3.62. The van der Waals surface area contributed by atoms with Crippen LogP contribution < -0.4 is 15.4 Å². The first-order valence-corrected chi connectivity index (χ1v) is 7.24. The van der Waals surface area contributed by atoms with Crippen molar-refractivity contribution in [1.29, 1.82) is 0 Å². The number of halogens is 2. The first kappa shape index (κ1) is 15.3. The van der Waals surface area contributed by atoms with E-state index in [2.05, 4.69) is 15.7 Å². The van der Waals surface area contributed by atoms with Gasteiger partial charge in [0.25, 0.3) is 0 Å². The van der Waals surface area contributed by atoms with Crippen LogP contribution in [0.25, 0.3) is 0 Å². The Morgan fingerprint density at radius 2 is 2.09 bits per heavy atom. The highest BCUT2D eigenvalue weighted by Gasteiger charge is 2.16. The van der Waals surface area contributed by atoms with Crippen LogP contribution in [0.5, 0.6) is 5.75 Å². The Morgan fingerprint density at radius 1 is 1.26 bits per heavy atom. The molecule has 2 aromatic rings. The van der Waals surface area contributed by atoms with Crippen molar-refractivity contribution < 1.29 is 18.3 Å². The van der Waals surface area contributed by atoms with E-state index in [-0.39, 0.29) is 11.4 Å². The standard InChI is InChI=1S/C15H16F2N4O2/c1-23-14-11(17)6-9(16)7-12(14)18-15(22)19-13-8-10-4-2-3-5-21(10)20-13/h6-8H,2-5H2,1H3,(H2,18,19,20,22). The molecular formula is C15H16F2N4O2. The molecular weight excluding hydrogens is 306 g/mol. The highest BCUT2D eigenvalue weighted by Crippen LogP contribution is 2.29. The number of hydrogen-bond donors (Lipinski definition) is 2. The number of benzene rings is 1. The topological polar surface area (TPSA) is 68.2 Å². The second kappa shape index (κ2) is 6.23. The predicted molar refractivity (Wildman–Crippen MR) is 80.7 cm³/mol. The summed E-state index contributed by atoms with van der Waals surface area (Å²) in [5, 5.41) is 9.20. The summed E-state index contributed by atoms with van der Waals surface area (Å²) in [6, 6.07) is 2.82. The number of nitrogens with zero attached hydrogens (tertiary/aromatic N) is 2. The lowest BCUT2D eigenvalue weighted by Crippen LogP contribution is -2.20. The van der Waals surface area contributed by atoms with Crippen LogP contribution in [-0.2, 0) is 13.0 Å². The van der Waals surface area contributed by atoms with Crippen molar-refractivity contribution in [3.8, 4) is 5.75 Å². The molecule has 0 unspecified atom stereocenters. The monoisotopic (exact) mass is 322 g/mol. The highest BCUT2D eigenvalue weighted by atomic mass is 19.1. The van der Waals surface area contributed by atoms with E-state index in [1.807, 2.05) is 4.68 Å². The maximum absolute atomic E-state index is 13.6. The van der Waals surface area contributed by atoms with Crippen molar-refractivity contribution in [3.05, 3.63) is 35.5 Å². The summed E-state index contributed by atoms with van der Waals surface area (Å²) in [6.07, 6.45) is 3.07. The van der Waals surface area contributed by atoms with Gasteiger partial charge in [-0.1, -0.05) is 0 Å². The lowest BCUT2D eigenvalue weighted by Gasteiger charge is -2.12. The molecule has 0 atom stereocenters. The zero-order valence-electron chi connectivity index (χ0n) is 12.5. The lowest BCUT2D eigenvalue weighted by atomic mass is 10.1. The minimum absolute atomic E-state index is 0.0912. The Labute approximate surface area is 131 Å². The number of urea groups is 1. The Kier molecular flexibility index (Phi) is 4.14. The van der Waals surface area contributed by atoms with Gasteiger partial charge in [0, 0.05) is 30.4 Å². The number of anilines is 2. The second-order valence-electron chi connectivity index (χ2n) is 5.25. The Balaban J connectivity index is 1.73. The lowest BCUT2D eigenvalue weighted by molar-refractivity contribution is 0.262. The first-order valence-electron chi connectivity index (χ1n) is 7.24. The molecule has 0 bridgehead atoms. The fourth-order valence-electron chi connectivity index (χ4n) is 2.61. The maximum atomic E-state index is 13.6. The van der Waals surface area contributed by atoms with Gasteiger partial charge in [-0.2, -0.15) is 5.10 Å². The van der Waals surface area contributed by atoms with Crippen LogP contribution in [0.3, 0.4) is 0 Å². The number of nitrogens with one attached hydrogen (secondary N) is 2. The number of amides is 2. The van der Waals surface area contributed by atoms with Crippen LogP contribution in [0.15, 0.2) is 18.2 Å². The third-order valence-corrected chi connectivity index (χ3v) is 3.62. The van der Waals surface area contributed by atoms with Crippen molar-refractivity contribution in [2.24, 2.45) is 0 Å². The van der Waals surface area contributed by atoms with E-state index >= 15 is 0 Å². The molecule has 23 heavy (non-hydrogen) atoms. The number of aryl methyl sites for hydroxylation is 2. The Hall–Kier alpha value is -2.64. The van der Waals surface area contributed by atoms with E-state index in [0.29, 0.717) is 11.9 Å². The SMILES string of the molecule is COc1c(F)cc(F)cc1NC(=O)Nc1cc2n(n1)CCCC2. The molecule has 1 aliphatic heterocycles. The van der Waals surface area contributed by atoms with Gasteiger partial charge in [0.1, 0.15) is 5.82 Å². The molecule has 1 aromatic heterocycles. The van der Waals surface area contributed by atoms with Gasteiger partial charge >= 0.3 is 6.03 Å². The van der Waals surface area contributed by atoms with Crippen molar-refractivity contribution in [3.63, 3.8) is 0 Å². The molecule has 1 aromatic carbocycles. The van der Waals surface area contributed by atoms with E-state index in [1.165, 1.54) is 7.11 Å². The fraction of sp³-hybridized carbons (Fsp3) is 0.333. The molecule has 0 saturated carbocycles. The quantitative estimate of drug-likeness (QED) is 0.912. The van der Waals surface area contributed by atoms with Gasteiger partial charge in [-0.25, -0.2) is 13.6 Å². The van der Waals surface area contributed by atoms with Crippen molar-refractivity contribution >= 4 is 17.5 Å². The molecule has 3 rings (SSSR count). The van der Waals surface area contributed by atoms with Gasteiger partial charge in [0.2, 0.25) is 0 Å². The normalized spacial score (nSPS) is 13.3. The molecule has 0 aliphatic carbocycles. The minimum atomic E-state index is -0.889. The molecule has 1 aliphatic rings. The molecule has 0 saturated heterocycles. The minimum Gasteiger partial charge on any atom is -0.492 e. The molecule has 2 N–H and O–H groups in total. The Morgan fingerprint density at radius 3 is 2.83 bits per heavy atom. The zero-order valence-corrected chi connectivity index (χ0v) is 12.5. The van der Waals surface area contributed by atoms with E-state index in [0.717, 1.165) is 37.6 Å². The van der Waals surface area contributed by atoms with Gasteiger partial charge < -0.3 is 10.1 Å². The molecule has 0 fully saturated rings. The smallest absolute Gasteiger partial charge is 0.325 e. The summed E-state index contributed by atoms with van der Waals surface area (Å²) in [4.78, 5) is 12.0. The van der Waals surface area contributed by atoms with E-state index < -0.39 is 17.7 Å². The number of rotatable bonds is 3. The molecule has 6 nitrogen and oxygen atoms in total. The van der Waals surface area contributed by atoms with Crippen LogP contribution in [0.2, 0.25) is 0 Å².